The number of nitrogens with zero attached hydrogens (tertiary/aromatic N) is 1. The third-order valence-corrected chi connectivity index (χ3v) is 5.17. The lowest BCUT2D eigenvalue weighted by molar-refractivity contribution is -0.116. The van der Waals surface area contributed by atoms with Gasteiger partial charge < -0.3 is 4.90 Å². The molecule has 2 nitrogen and oxygen atoms in total. The molecule has 1 aromatic rings. The monoisotopic (exact) mass is 327 g/mol. The van der Waals surface area contributed by atoms with Crippen LogP contribution in [0.2, 0.25) is 0 Å². The van der Waals surface area contributed by atoms with Crippen LogP contribution in [0.5, 0.6) is 0 Å². The molecule has 132 valence electrons. The van der Waals surface area contributed by atoms with Gasteiger partial charge in [-0.05, 0) is 37.3 Å². The third kappa shape index (κ3) is 4.96. The Labute approximate surface area is 147 Å². The minimum Gasteiger partial charge on any atom is -0.348 e. The zero-order chi connectivity index (χ0) is 17.6. The lowest BCUT2D eigenvalue weighted by Crippen LogP contribution is -2.35. The molecule has 0 fully saturated rings. The van der Waals surface area contributed by atoms with E-state index in [0.29, 0.717) is 12.2 Å². The average Bonchev–Trinajstić information content (AvgIpc) is 2.55. The first kappa shape index (κ1) is 18.8. The first-order valence-electron chi connectivity index (χ1n) is 9.53. The van der Waals surface area contributed by atoms with Crippen LogP contribution in [0.3, 0.4) is 0 Å². The Kier molecular flexibility index (Phi) is 6.65. The van der Waals surface area contributed by atoms with E-state index in [0.717, 1.165) is 25.0 Å². The van der Waals surface area contributed by atoms with Gasteiger partial charge in [0.25, 0.3) is 0 Å². The van der Waals surface area contributed by atoms with Gasteiger partial charge in [-0.15, -0.1) is 0 Å². The van der Waals surface area contributed by atoms with Crippen molar-refractivity contribution in [3.63, 3.8) is 0 Å². The van der Waals surface area contributed by atoms with Crippen molar-refractivity contribution in [1.29, 1.82) is 0 Å². The van der Waals surface area contributed by atoms with Crippen molar-refractivity contribution in [2.75, 3.05) is 11.4 Å². The quantitative estimate of drug-likeness (QED) is 0.542. The molecule has 1 aromatic carbocycles. The number of carbonyl (C=O) groups is 1. The minimum absolute atomic E-state index is 0.0122. The number of unbranched alkanes of at least 4 members (excludes halogenated alkanes) is 4. The second kappa shape index (κ2) is 8.50. The van der Waals surface area contributed by atoms with E-state index < -0.39 is 0 Å². The van der Waals surface area contributed by atoms with E-state index in [1.54, 1.807) is 0 Å². The van der Waals surface area contributed by atoms with Crippen LogP contribution in [0.15, 0.2) is 36.0 Å². The van der Waals surface area contributed by atoms with E-state index in [1.807, 2.05) is 0 Å². The number of hydrogen-bond donors (Lipinski definition) is 0. The van der Waals surface area contributed by atoms with E-state index in [9.17, 15) is 4.79 Å². The van der Waals surface area contributed by atoms with E-state index in [1.165, 1.54) is 36.9 Å². The SMILES string of the molecule is CCCCCCCC(=O)C1=CN(c2ccc(C)cc2)CCC1(C)C. The number of benzene rings is 1. The van der Waals surface area contributed by atoms with Crippen LogP contribution in [0, 0.1) is 12.3 Å². The van der Waals surface area contributed by atoms with Crippen molar-refractivity contribution in [3.05, 3.63) is 41.6 Å². The number of ketones is 1. The molecule has 0 aliphatic carbocycles. The number of hydrogen-bond acceptors (Lipinski definition) is 2. The maximum absolute atomic E-state index is 12.8. The predicted molar refractivity (Wildman–Crippen MR) is 103 cm³/mol. The van der Waals surface area contributed by atoms with Crippen LogP contribution in [-0.2, 0) is 4.79 Å². The summed E-state index contributed by atoms with van der Waals surface area (Å²) in [5.41, 5.74) is 3.44. The van der Waals surface area contributed by atoms with Gasteiger partial charge in [0, 0.05) is 30.4 Å². The summed E-state index contributed by atoms with van der Waals surface area (Å²) >= 11 is 0. The first-order valence-corrected chi connectivity index (χ1v) is 9.53. The Balaban J connectivity index is 2.05. The maximum Gasteiger partial charge on any atom is 0.160 e. The van der Waals surface area contributed by atoms with Crippen LogP contribution in [0.25, 0.3) is 0 Å². The lowest BCUT2D eigenvalue weighted by Gasteiger charge is -2.37. The number of allylic oxidation sites excluding steroid dienone is 1. The molecule has 1 heterocycles. The third-order valence-electron chi connectivity index (χ3n) is 5.17. The minimum atomic E-state index is -0.0122. The molecule has 2 heteroatoms. The number of Topliss-reactive ketones (excluding diaryl/α,β-unsaturated/α-hetero) is 1. The molecule has 0 saturated carbocycles. The van der Waals surface area contributed by atoms with Gasteiger partial charge in [-0.25, -0.2) is 0 Å². The van der Waals surface area contributed by atoms with Crippen LogP contribution in [-0.4, -0.2) is 12.3 Å². The number of carbonyl (C=O) groups excluding carboxylic acids is 1. The second-order valence-corrected chi connectivity index (χ2v) is 7.79. The van der Waals surface area contributed by atoms with Crippen LogP contribution in [0.4, 0.5) is 5.69 Å². The van der Waals surface area contributed by atoms with Crippen molar-refractivity contribution >= 4 is 11.5 Å². The van der Waals surface area contributed by atoms with Crippen molar-refractivity contribution in [2.24, 2.45) is 5.41 Å². The van der Waals surface area contributed by atoms with Gasteiger partial charge in [0.1, 0.15) is 0 Å². The number of anilines is 1. The van der Waals surface area contributed by atoms with Gasteiger partial charge in [0.05, 0.1) is 0 Å². The zero-order valence-electron chi connectivity index (χ0n) is 15.9. The molecule has 0 amide bonds. The smallest absolute Gasteiger partial charge is 0.160 e. The lowest BCUT2D eigenvalue weighted by atomic mass is 9.76. The molecule has 2 rings (SSSR count). The molecule has 0 atom stereocenters. The molecular weight excluding hydrogens is 294 g/mol. The van der Waals surface area contributed by atoms with E-state index in [2.05, 4.69) is 63.1 Å². The summed E-state index contributed by atoms with van der Waals surface area (Å²) in [5, 5.41) is 0. The van der Waals surface area contributed by atoms with Gasteiger partial charge in [-0.3, -0.25) is 4.79 Å². The molecule has 0 spiro atoms. The summed E-state index contributed by atoms with van der Waals surface area (Å²) < 4.78 is 0. The molecule has 0 unspecified atom stereocenters. The van der Waals surface area contributed by atoms with Crippen LogP contribution in [0.1, 0.15) is 71.3 Å². The van der Waals surface area contributed by atoms with E-state index in [-0.39, 0.29) is 5.41 Å². The first-order chi connectivity index (χ1) is 11.4. The highest BCUT2D eigenvalue weighted by molar-refractivity contribution is 5.97. The molecule has 1 aliphatic rings. The highest BCUT2D eigenvalue weighted by Crippen LogP contribution is 2.37. The van der Waals surface area contributed by atoms with Gasteiger partial charge >= 0.3 is 0 Å². The highest BCUT2D eigenvalue weighted by atomic mass is 16.1. The topological polar surface area (TPSA) is 20.3 Å². The molecule has 0 radical (unpaired) electrons. The van der Waals surface area contributed by atoms with Gasteiger partial charge in [0.2, 0.25) is 0 Å². The van der Waals surface area contributed by atoms with E-state index in [4.69, 9.17) is 0 Å². The predicted octanol–water partition coefficient (Wildman–Crippen LogP) is 6.04. The second-order valence-electron chi connectivity index (χ2n) is 7.79. The molecule has 24 heavy (non-hydrogen) atoms. The summed E-state index contributed by atoms with van der Waals surface area (Å²) in [7, 11) is 0. The molecule has 1 aliphatic heterocycles. The summed E-state index contributed by atoms with van der Waals surface area (Å²) in [6.45, 7) is 9.72. The normalized spacial score (nSPS) is 16.8. The van der Waals surface area contributed by atoms with Gasteiger partial charge in [-0.2, -0.15) is 0 Å². The Hall–Kier alpha value is -1.57. The Morgan fingerprint density at radius 3 is 2.42 bits per heavy atom. The van der Waals surface area contributed by atoms with Crippen molar-refractivity contribution in [1.82, 2.24) is 0 Å². The van der Waals surface area contributed by atoms with Gasteiger partial charge in [-0.1, -0.05) is 64.2 Å². The van der Waals surface area contributed by atoms with Crippen LogP contribution >= 0.6 is 0 Å². The largest absolute Gasteiger partial charge is 0.348 e. The van der Waals surface area contributed by atoms with E-state index >= 15 is 0 Å². The Morgan fingerprint density at radius 2 is 1.75 bits per heavy atom. The Bertz CT molecular complexity index is 568. The van der Waals surface area contributed by atoms with Gasteiger partial charge in [0.15, 0.2) is 5.78 Å². The van der Waals surface area contributed by atoms with Crippen molar-refractivity contribution in [2.45, 2.75) is 72.6 Å². The molecule has 0 aromatic heterocycles. The highest BCUT2D eigenvalue weighted by Gasteiger charge is 2.32. The van der Waals surface area contributed by atoms with Crippen LogP contribution < -0.4 is 4.90 Å². The number of rotatable bonds is 8. The molecule has 0 bridgehead atoms. The standard InChI is InChI=1S/C22H33NO/c1-5-6-7-8-9-10-21(24)20-17-23(16-15-22(20,3)4)19-13-11-18(2)12-14-19/h11-14,17H,5-10,15-16H2,1-4H3. The maximum atomic E-state index is 12.8. The summed E-state index contributed by atoms with van der Waals surface area (Å²) in [6.07, 6.45) is 9.81. The van der Waals surface area contributed by atoms with Crippen molar-refractivity contribution < 1.29 is 4.79 Å². The molecule has 0 N–H and O–H groups in total. The van der Waals surface area contributed by atoms with Crippen molar-refractivity contribution in [3.8, 4) is 0 Å². The fourth-order valence-corrected chi connectivity index (χ4v) is 3.34. The fraction of sp³-hybridized carbons (Fsp3) is 0.591. The molecular formula is C22H33NO. The summed E-state index contributed by atoms with van der Waals surface area (Å²) in [5.74, 6) is 0.341. The Morgan fingerprint density at radius 1 is 1.08 bits per heavy atom. The summed E-state index contributed by atoms with van der Waals surface area (Å²) in [4.78, 5) is 15.0. The number of aryl methyl sites for hydroxylation is 1. The average molecular weight is 328 g/mol. The fourth-order valence-electron chi connectivity index (χ4n) is 3.34. The summed E-state index contributed by atoms with van der Waals surface area (Å²) in [6, 6.07) is 8.57. The zero-order valence-corrected chi connectivity index (χ0v) is 15.9. The molecule has 0 saturated heterocycles.